The Balaban J connectivity index is 2.67. The molecule has 0 aliphatic carbocycles. The number of carbonyl (C=O) groups is 3. The molecule has 1 aromatic rings. The normalized spacial score (nSPS) is 13.0. The van der Waals surface area contributed by atoms with Crippen molar-refractivity contribution in [2.24, 2.45) is 11.7 Å². The first kappa shape index (κ1) is 20.8. The quantitative estimate of drug-likeness (QED) is 0.609. The number of hydrogen-bond acceptors (Lipinski definition) is 4. The fraction of sp³-hybridized carbons (Fsp3) is 0.471. The van der Waals surface area contributed by atoms with E-state index in [0.29, 0.717) is 23.0 Å². The zero-order valence-electron chi connectivity index (χ0n) is 14.5. The third kappa shape index (κ3) is 7.89. The van der Waals surface area contributed by atoms with Crippen molar-refractivity contribution >= 4 is 29.5 Å². The molecule has 3 amide bonds. The van der Waals surface area contributed by atoms with Crippen LogP contribution in [0.4, 0.5) is 4.79 Å². The second-order valence-corrected chi connectivity index (χ2v) is 6.52. The maximum absolute atomic E-state index is 12.1. The van der Waals surface area contributed by atoms with Crippen molar-refractivity contribution in [1.82, 2.24) is 10.6 Å². The van der Waals surface area contributed by atoms with Crippen LogP contribution in [0.2, 0.25) is 5.02 Å². The molecule has 4 N–H and O–H groups in total. The summed E-state index contributed by atoms with van der Waals surface area (Å²) in [6.07, 6.45) is -1.09. The Morgan fingerprint density at radius 3 is 2.28 bits per heavy atom. The van der Waals surface area contributed by atoms with Gasteiger partial charge >= 0.3 is 12.0 Å². The lowest BCUT2D eigenvalue weighted by molar-refractivity contribution is -0.155. The molecule has 0 fully saturated rings. The lowest BCUT2D eigenvalue weighted by Gasteiger charge is -2.19. The Kier molecular flexibility index (Phi) is 8.21. The first-order valence-corrected chi connectivity index (χ1v) is 8.35. The second kappa shape index (κ2) is 9.88. The van der Waals surface area contributed by atoms with Gasteiger partial charge in [-0.05, 0) is 30.5 Å². The highest BCUT2D eigenvalue weighted by Crippen LogP contribution is 2.20. The average molecular weight is 370 g/mol. The van der Waals surface area contributed by atoms with Gasteiger partial charge in [0.25, 0.3) is 5.91 Å². The Labute approximate surface area is 152 Å². The summed E-state index contributed by atoms with van der Waals surface area (Å²) >= 11 is 5.84. The molecule has 8 heteroatoms. The molecular weight excluding hydrogens is 346 g/mol. The fourth-order valence-electron chi connectivity index (χ4n) is 2.03. The van der Waals surface area contributed by atoms with Crippen LogP contribution in [0.3, 0.4) is 0 Å². The van der Waals surface area contributed by atoms with Gasteiger partial charge in [-0.15, -0.1) is 0 Å². The van der Waals surface area contributed by atoms with E-state index in [-0.39, 0.29) is 12.3 Å². The van der Waals surface area contributed by atoms with E-state index in [1.54, 1.807) is 24.3 Å². The molecule has 2 atom stereocenters. The van der Waals surface area contributed by atoms with Crippen molar-refractivity contribution in [2.45, 2.75) is 39.3 Å². The lowest BCUT2D eigenvalue weighted by Crippen LogP contribution is -2.39. The highest BCUT2D eigenvalue weighted by Gasteiger charge is 2.22. The van der Waals surface area contributed by atoms with Gasteiger partial charge in [0.2, 0.25) is 0 Å². The molecule has 0 spiro atoms. The van der Waals surface area contributed by atoms with Gasteiger partial charge in [0.15, 0.2) is 6.10 Å². The molecule has 0 saturated carbocycles. The zero-order chi connectivity index (χ0) is 19.0. The molecule has 0 bridgehead atoms. The predicted molar refractivity (Wildman–Crippen MR) is 94.9 cm³/mol. The largest absolute Gasteiger partial charge is 0.452 e. The number of carbonyl (C=O) groups excluding carboxylic acids is 3. The summed E-state index contributed by atoms with van der Waals surface area (Å²) in [5, 5.41) is 5.70. The van der Waals surface area contributed by atoms with Gasteiger partial charge < -0.3 is 21.1 Å². The van der Waals surface area contributed by atoms with Crippen LogP contribution in [0.1, 0.15) is 38.8 Å². The number of halogens is 1. The predicted octanol–water partition coefficient (Wildman–Crippen LogP) is 2.14. The monoisotopic (exact) mass is 369 g/mol. The van der Waals surface area contributed by atoms with Gasteiger partial charge in [0, 0.05) is 11.6 Å². The van der Waals surface area contributed by atoms with Gasteiger partial charge in [-0.25, -0.2) is 4.79 Å². The molecule has 0 aromatic heterocycles. The number of rotatable bonds is 8. The highest BCUT2D eigenvalue weighted by atomic mass is 35.5. The molecule has 25 heavy (non-hydrogen) atoms. The number of urea groups is 1. The molecule has 0 saturated heterocycles. The Morgan fingerprint density at radius 1 is 1.16 bits per heavy atom. The summed E-state index contributed by atoms with van der Waals surface area (Å²) in [7, 11) is 0. The minimum Gasteiger partial charge on any atom is -0.452 e. The molecule has 0 heterocycles. The Bertz CT molecular complexity index is 604. The van der Waals surface area contributed by atoms with Gasteiger partial charge in [-0.2, -0.15) is 0 Å². The molecule has 0 aliphatic heterocycles. The standard InChI is InChI=1S/C17H24ClN3O4/c1-10(2)9-20-16(23)11(3)25-15(22)8-14(21-17(19)24)12-4-6-13(18)7-5-12/h4-7,10-11,14H,8-9H2,1-3H3,(H,20,23)(H3,19,21,24)/t11-,14+/m1/s1. The number of esters is 1. The van der Waals surface area contributed by atoms with Crippen LogP contribution in [0.25, 0.3) is 0 Å². The molecule has 0 unspecified atom stereocenters. The van der Waals surface area contributed by atoms with Crippen molar-refractivity contribution in [3.8, 4) is 0 Å². The van der Waals surface area contributed by atoms with Crippen LogP contribution < -0.4 is 16.4 Å². The Morgan fingerprint density at radius 2 is 1.76 bits per heavy atom. The van der Waals surface area contributed by atoms with Crippen molar-refractivity contribution in [3.63, 3.8) is 0 Å². The topological polar surface area (TPSA) is 111 Å². The molecule has 7 nitrogen and oxygen atoms in total. The minimum absolute atomic E-state index is 0.160. The lowest BCUT2D eigenvalue weighted by atomic mass is 10.0. The Hall–Kier alpha value is -2.28. The SMILES string of the molecule is CC(C)CNC(=O)[C@@H](C)OC(=O)C[C@H](NC(N)=O)c1ccc(Cl)cc1. The van der Waals surface area contributed by atoms with Crippen LogP contribution in [-0.4, -0.2) is 30.6 Å². The number of nitrogens with one attached hydrogen (secondary N) is 2. The summed E-state index contributed by atoms with van der Waals surface area (Å²) in [4.78, 5) is 35.1. The van der Waals surface area contributed by atoms with Gasteiger partial charge in [-0.1, -0.05) is 37.6 Å². The summed E-state index contributed by atoms with van der Waals surface area (Å²) < 4.78 is 5.13. The number of nitrogens with two attached hydrogens (primary N) is 1. The number of ether oxygens (including phenoxy) is 1. The summed E-state index contributed by atoms with van der Waals surface area (Å²) in [6.45, 7) is 5.91. The van der Waals surface area contributed by atoms with E-state index < -0.39 is 24.1 Å². The van der Waals surface area contributed by atoms with Crippen molar-refractivity contribution in [3.05, 3.63) is 34.9 Å². The third-order valence-electron chi connectivity index (χ3n) is 3.32. The molecule has 1 aromatic carbocycles. The van der Waals surface area contributed by atoms with E-state index >= 15 is 0 Å². The van der Waals surface area contributed by atoms with Gasteiger partial charge in [0.1, 0.15) is 0 Å². The van der Waals surface area contributed by atoms with Gasteiger partial charge in [0.05, 0.1) is 12.5 Å². The molecule has 138 valence electrons. The highest BCUT2D eigenvalue weighted by molar-refractivity contribution is 6.30. The molecule has 0 aliphatic rings. The number of amides is 3. The van der Waals surface area contributed by atoms with E-state index in [4.69, 9.17) is 22.1 Å². The van der Waals surface area contributed by atoms with E-state index in [1.165, 1.54) is 6.92 Å². The second-order valence-electron chi connectivity index (χ2n) is 6.09. The number of benzene rings is 1. The smallest absolute Gasteiger partial charge is 0.312 e. The minimum atomic E-state index is -0.925. The van der Waals surface area contributed by atoms with Crippen LogP contribution in [0, 0.1) is 5.92 Å². The number of primary amides is 1. The van der Waals surface area contributed by atoms with Crippen LogP contribution in [-0.2, 0) is 14.3 Å². The van der Waals surface area contributed by atoms with Crippen molar-refractivity contribution in [2.75, 3.05) is 6.54 Å². The van der Waals surface area contributed by atoms with E-state index in [2.05, 4.69) is 10.6 Å². The van der Waals surface area contributed by atoms with E-state index in [9.17, 15) is 14.4 Å². The maximum atomic E-state index is 12.1. The summed E-state index contributed by atoms with van der Waals surface area (Å²) in [5.74, 6) is -0.699. The third-order valence-corrected chi connectivity index (χ3v) is 3.57. The fourth-order valence-corrected chi connectivity index (χ4v) is 2.16. The summed E-state index contributed by atoms with van der Waals surface area (Å²) in [6, 6.07) is 5.19. The van der Waals surface area contributed by atoms with Gasteiger partial charge in [-0.3, -0.25) is 9.59 Å². The van der Waals surface area contributed by atoms with Crippen LogP contribution in [0.15, 0.2) is 24.3 Å². The van der Waals surface area contributed by atoms with Crippen LogP contribution in [0.5, 0.6) is 0 Å². The average Bonchev–Trinajstić information content (AvgIpc) is 2.52. The maximum Gasteiger partial charge on any atom is 0.312 e. The first-order valence-electron chi connectivity index (χ1n) is 7.97. The van der Waals surface area contributed by atoms with Crippen molar-refractivity contribution in [1.29, 1.82) is 0 Å². The molecule has 1 rings (SSSR count). The molecular formula is C17H24ClN3O4. The van der Waals surface area contributed by atoms with Crippen molar-refractivity contribution < 1.29 is 19.1 Å². The first-order chi connectivity index (χ1) is 11.7. The van der Waals surface area contributed by atoms with E-state index in [0.717, 1.165) is 0 Å². The van der Waals surface area contributed by atoms with E-state index in [1.807, 2.05) is 13.8 Å². The van der Waals surface area contributed by atoms with Crippen LogP contribution >= 0.6 is 11.6 Å². The summed E-state index contributed by atoms with van der Waals surface area (Å²) in [5.41, 5.74) is 5.81. The zero-order valence-corrected chi connectivity index (χ0v) is 15.3. The number of hydrogen-bond donors (Lipinski definition) is 3. The molecule has 0 radical (unpaired) electrons.